The van der Waals surface area contributed by atoms with Gasteiger partial charge in [0.25, 0.3) is 0 Å². The molecule has 0 spiro atoms. The van der Waals surface area contributed by atoms with Gasteiger partial charge in [-0.15, -0.1) is 0 Å². The minimum Gasteiger partial charge on any atom is -0.361 e. The molecule has 26 heavy (non-hydrogen) atoms. The second kappa shape index (κ2) is 6.74. The number of anilines is 1. The fourth-order valence-electron chi connectivity index (χ4n) is 2.41. The maximum Gasteiger partial charge on any atom is 0.416 e. The van der Waals surface area contributed by atoms with Gasteiger partial charge in [-0.05, 0) is 24.3 Å². The average Bonchev–Trinajstić information content (AvgIpc) is 3.02. The molecule has 0 bridgehead atoms. The van der Waals surface area contributed by atoms with E-state index in [1.165, 1.54) is 30.1 Å². The summed E-state index contributed by atoms with van der Waals surface area (Å²) in [6.45, 7) is -0.121. The minimum absolute atomic E-state index is 0.00237. The summed E-state index contributed by atoms with van der Waals surface area (Å²) < 4.78 is 70.9. The third-order valence-corrected chi connectivity index (χ3v) is 3.61. The zero-order chi connectivity index (χ0) is 18.9. The van der Waals surface area contributed by atoms with Crippen molar-refractivity contribution in [1.82, 2.24) is 10.1 Å². The molecule has 0 saturated carbocycles. The van der Waals surface area contributed by atoms with Crippen molar-refractivity contribution in [3.63, 3.8) is 0 Å². The molecule has 0 aliphatic heterocycles. The van der Waals surface area contributed by atoms with Crippen molar-refractivity contribution in [2.24, 2.45) is 0 Å². The molecule has 0 aliphatic carbocycles. The maximum atomic E-state index is 13.8. The summed E-state index contributed by atoms with van der Waals surface area (Å²) in [4.78, 5) is 5.23. The van der Waals surface area contributed by atoms with Crippen LogP contribution in [0.5, 0.6) is 0 Å². The monoisotopic (exact) mass is 369 g/mol. The molecule has 1 aromatic heterocycles. The highest BCUT2D eigenvalue weighted by molar-refractivity contribution is 5.56. The predicted octanol–water partition coefficient (Wildman–Crippen LogP) is 4.67. The summed E-state index contributed by atoms with van der Waals surface area (Å²) in [5.41, 5.74) is -0.993. The molecule has 3 aromatic rings. The van der Waals surface area contributed by atoms with Crippen molar-refractivity contribution in [3.8, 4) is 11.4 Å². The normalized spacial score (nSPS) is 11.6. The zero-order valence-corrected chi connectivity index (χ0v) is 13.4. The van der Waals surface area contributed by atoms with Crippen molar-refractivity contribution in [3.05, 3.63) is 65.6 Å². The van der Waals surface area contributed by atoms with Crippen molar-refractivity contribution in [1.29, 1.82) is 0 Å². The summed E-state index contributed by atoms with van der Waals surface area (Å²) in [6.07, 6.45) is -4.49. The highest BCUT2D eigenvalue weighted by Crippen LogP contribution is 2.31. The lowest BCUT2D eigenvalue weighted by Gasteiger charge is -2.18. The average molecular weight is 369 g/mol. The molecule has 0 aliphatic rings. The van der Waals surface area contributed by atoms with E-state index < -0.39 is 23.4 Å². The molecule has 9 heteroatoms. The predicted molar refractivity (Wildman–Crippen MR) is 83.2 cm³/mol. The molecule has 1 heterocycles. The Morgan fingerprint density at radius 1 is 1.04 bits per heavy atom. The van der Waals surface area contributed by atoms with Gasteiger partial charge in [-0.25, -0.2) is 8.78 Å². The molecule has 3 rings (SSSR count). The van der Waals surface area contributed by atoms with Crippen LogP contribution in [0.3, 0.4) is 0 Å². The van der Waals surface area contributed by atoms with Gasteiger partial charge in [0.15, 0.2) is 0 Å². The van der Waals surface area contributed by atoms with Crippen LogP contribution in [0.15, 0.2) is 47.0 Å². The Hall–Kier alpha value is -2.97. The van der Waals surface area contributed by atoms with E-state index in [1.807, 2.05) is 0 Å². The lowest BCUT2D eigenvalue weighted by Crippen LogP contribution is -2.19. The number of alkyl halides is 3. The lowest BCUT2D eigenvalue weighted by molar-refractivity contribution is -0.137. The topological polar surface area (TPSA) is 42.2 Å². The van der Waals surface area contributed by atoms with E-state index in [1.54, 1.807) is 0 Å². The van der Waals surface area contributed by atoms with Gasteiger partial charge < -0.3 is 9.42 Å². The highest BCUT2D eigenvalue weighted by Gasteiger charge is 2.30. The van der Waals surface area contributed by atoms with E-state index in [0.717, 1.165) is 24.3 Å². The van der Waals surface area contributed by atoms with Crippen LogP contribution in [-0.2, 0) is 12.7 Å². The van der Waals surface area contributed by atoms with E-state index in [2.05, 4.69) is 10.1 Å². The Bertz CT molecular complexity index is 903. The molecule has 0 N–H and O–H groups in total. The molecule has 0 amide bonds. The van der Waals surface area contributed by atoms with Gasteiger partial charge in [0.2, 0.25) is 11.7 Å². The minimum atomic E-state index is -4.49. The Kier molecular flexibility index (Phi) is 4.62. The molecule has 0 unspecified atom stereocenters. The van der Waals surface area contributed by atoms with Crippen LogP contribution < -0.4 is 4.90 Å². The van der Waals surface area contributed by atoms with Gasteiger partial charge in [0.05, 0.1) is 12.1 Å². The first-order valence-electron chi connectivity index (χ1n) is 7.41. The van der Waals surface area contributed by atoms with Gasteiger partial charge >= 0.3 is 6.18 Å². The maximum absolute atomic E-state index is 13.8. The summed E-state index contributed by atoms with van der Waals surface area (Å²) in [5, 5.41) is 3.63. The molecule has 4 nitrogen and oxygen atoms in total. The summed E-state index contributed by atoms with van der Waals surface area (Å²) in [7, 11) is 1.43. The summed E-state index contributed by atoms with van der Waals surface area (Å²) in [6, 6.07) is 7.92. The first-order valence-corrected chi connectivity index (χ1v) is 7.41. The van der Waals surface area contributed by atoms with E-state index in [-0.39, 0.29) is 29.5 Å². The first-order chi connectivity index (χ1) is 12.3. The number of nitrogens with zero attached hydrogens (tertiary/aromatic N) is 3. The van der Waals surface area contributed by atoms with E-state index in [4.69, 9.17) is 4.52 Å². The van der Waals surface area contributed by atoms with Gasteiger partial charge in [-0.1, -0.05) is 23.4 Å². The number of benzene rings is 2. The number of rotatable bonds is 4. The first kappa shape index (κ1) is 17.8. The number of halogens is 5. The quantitative estimate of drug-likeness (QED) is 0.627. The Morgan fingerprint density at radius 2 is 1.69 bits per heavy atom. The Labute approximate surface area is 144 Å². The summed E-state index contributed by atoms with van der Waals surface area (Å²) >= 11 is 0. The molecular weight excluding hydrogens is 357 g/mol. The molecule has 0 fully saturated rings. The largest absolute Gasteiger partial charge is 0.416 e. The van der Waals surface area contributed by atoms with Crippen molar-refractivity contribution in [2.75, 3.05) is 11.9 Å². The highest BCUT2D eigenvalue weighted by atomic mass is 19.4. The molecule has 136 valence electrons. The van der Waals surface area contributed by atoms with E-state index in [9.17, 15) is 22.0 Å². The van der Waals surface area contributed by atoms with Crippen LogP contribution in [0.2, 0.25) is 0 Å². The number of aromatic nitrogens is 2. The van der Waals surface area contributed by atoms with Crippen LogP contribution in [-0.4, -0.2) is 17.2 Å². The van der Waals surface area contributed by atoms with Crippen LogP contribution in [0.1, 0.15) is 11.5 Å². The molecule has 2 aromatic carbocycles. The fourth-order valence-corrected chi connectivity index (χ4v) is 2.41. The number of para-hydroxylation sites is 1. The van der Waals surface area contributed by atoms with Crippen LogP contribution >= 0.6 is 0 Å². The third kappa shape index (κ3) is 3.66. The number of hydrogen-bond acceptors (Lipinski definition) is 4. The van der Waals surface area contributed by atoms with Gasteiger partial charge in [0, 0.05) is 12.6 Å². The lowest BCUT2D eigenvalue weighted by atomic mass is 10.1. The molecule has 0 radical (unpaired) electrons. The van der Waals surface area contributed by atoms with Gasteiger partial charge in [0.1, 0.15) is 17.3 Å². The molecule has 0 saturated heterocycles. The van der Waals surface area contributed by atoms with Gasteiger partial charge in [-0.3, -0.25) is 0 Å². The van der Waals surface area contributed by atoms with Crippen LogP contribution in [0.4, 0.5) is 27.6 Å². The zero-order valence-electron chi connectivity index (χ0n) is 13.4. The van der Waals surface area contributed by atoms with E-state index >= 15 is 0 Å². The van der Waals surface area contributed by atoms with Crippen LogP contribution in [0.25, 0.3) is 11.4 Å². The standard InChI is InChI=1S/C17H12F5N3O/c1-25(15-12(18)6-3-7-13(15)19)9-14-23-16(24-26-14)10-4-2-5-11(8-10)17(20,21)22/h2-8H,9H2,1H3. The van der Waals surface area contributed by atoms with Crippen molar-refractivity contribution in [2.45, 2.75) is 12.7 Å². The Balaban J connectivity index is 1.83. The number of hydrogen-bond donors (Lipinski definition) is 0. The second-order valence-corrected chi connectivity index (χ2v) is 5.52. The van der Waals surface area contributed by atoms with Crippen molar-refractivity contribution < 1.29 is 26.5 Å². The fraction of sp³-hybridized carbons (Fsp3) is 0.176. The second-order valence-electron chi connectivity index (χ2n) is 5.52. The molecule has 0 atom stereocenters. The van der Waals surface area contributed by atoms with E-state index in [0.29, 0.717) is 0 Å². The smallest absolute Gasteiger partial charge is 0.361 e. The Morgan fingerprint density at radius 3 is 2.35 bits per heavy atom. The summed E-state index contributed by atoms with van der Waals surface area (Å²) in [5.74, 6) is -1.56. The van der Waals surface area contributed by atoms with Crippen molar-refractivity contribution >= 4 is 5.69 Å². The molecular formula is C17H12F5N3O. The van der Waals surface area contributed by atoms with Crippen LogP contribution in [0, 0.1) is 11.6 Å². The van der Waals surface area contributed by atoms with Gasteiger partial charge in [-0.2, -0.15) is 18.2 Å². The third-order valence-electron chi connectivity index (χ3n) is 3.61. The SMILES string of the molecule is CN(Cc1nc(-c2cccc(C(F)(F)F)c2)no1)c1c(F)cccc1F.